The summed E-state index contributed by atoms with van der Waals surface area (Å²) in [6.07, 6.45) is 1.69. The Morgan fingerprint density at radius 1 is 1.18 bits per heavy atom. The third-order valence-corrected chi connectivity index (χ3v) is 5.74. The van der Waals surface area contributed by atoms with Gasteiger partial charge in [0.25, 0.3) is 5.91 Å². The van der Waals surface area contributed by atoms with E-state index < -0.39 is 5.92 Å². The zero-order chi connectivity index (χ0) is 24.1. The van der Waals surface area contributed by atoms with Gasteiger partial charge >= 0.3 is 0 Å². The fourth-order valence-electron chi connectivity index (χ4n) is 3.65. The molecule has 0 radical (unpaired) electrons. The van der Waals surface area contributed by atoms with E-state index in [9.17, 15) is 14.4 Å². The number of aryl methyl sites for hydroxylation is 1. The Morgan fingerprint density at radius 3 is 2.71 bits per heavy atom. The molecule has 1 aliphatic rings. The second-order valence-corrected chi connectivity index (χ2v) is 8.43. The van der Waals surface area contributed by atoms with E-state index in [4.69, 9.17) is 20.8 Å². The lowest BCUT2D eigenvalue weighted by Crippen LogP contribution is -2.32. The van der Waals surface area contributed by atoms with Gasteiger partial charge < -0.3 is 24.7 Å². The smallest absolute Gasteiger partial charge is 0.262 e. The maximum absolute atomic E-state index is 12.5. The molecule has 9 heteroatoms. The van der Waals surface area contributed by atoms with Crippen molar-refractivity contribution in [2.45, 2.75) is 19.9 Å². The number of amides is 3. The first-order chi connectivity index (χ1) is 16.4. The summed E-state index contributed by atoms with van der Waals surface area (Å²) in [5.74, 6) is 0.0865. The number of hydrogen-bond acceptors (Lipinski definition) is 5. The molecule has 1 fully saturated rings. The van der Waals surface area contributed by atoms with Crippen LogP contribution in [0.1, 0.15) is 17.7 Å². The summed E-state index contributed by atoms with van der Waals surface area (Å²) in [5, 5.41) is 6.11. The highest BCUT2D eigenvalue weighted by molar-refractivity contribution is 6.31. The Bertz CT molecular complexity index is 1180. The van der Waals surface area contributed by atoms with E-state index in [1.54, 1.807) is 59.7 Å². The minimum atomic E-state index is -0.433. The molecule has 0 aliphatic carbocycles. The molecule has 0 saturated carbocycles. The minimum absolute atomic E-state index is 0.122. The van der Waals surface area contributed by atoms with E-state index in [1.165, 1.54) is 0 Å². The maximum atomic E-state index is 12.5. The van der Waals surface area contributed by atoms with Gasteiger partial charge in [-0.3, -0.25) is 14.4 Å². The van der Waals surface area contributed by atoms with E-state index in [0.29, 0.717) is 34.5 Å². The Balaban J connectivity index is 1.28. The van der Waals surface area contributed by atoms with Crippen LogP contribution >= 0.6 is 11.6 Å². The van der Waals surface area contributed by atoms with E-state index >= 15 is 0 Å². The lowest BCUT2D eigenvalue weighted by molar-refractivity contribution is -0.126. The summed E-state index contributed by atoms with van der Waals surface area (Å²) in [5.41, 5.74) is 2.19. The lowest BCUT2D eigenvalue weighted by Gasteiger charge is -2.17. The molecule has 2 N–H and O–H groups in total. The molecule has 4 rings (SSSR count). The molecular formula is C25H24ClN3O5. The van der Waals surface area contributed by atoms with Crippen molar-refractivity contribution in [3.8, 4) is 5.75 Å². The highest BCUT2D eigenvalue weighted by atomic mass is 35.5. The van der Waals surface area contributed by atoms with Crippen LogP contribution in [0.4, 0.5) is 11.4 Å². The molecule has 3 aromatic rings. The second kappa shape index (κ2) is 10.4. The standard InChI is InChI=1S/C25H24ClN3O5/c1-16-4-5-18(26)12-22(16)28-23(30)15-34-20-8-6-19(7-9-20)29-14-17(11-24(29)31)25(32)27-13-21-3-2-10-33-21/h2-10,12,17H,11,13-15H2,1H3,(H,27,32)(H,28,30)/t17-/m0/s1. The summed E-state index contributed by atoms with van der Waals surface area (Å²) >= 11 is 5.98. The van der Waals surface area contributed by atoms with Crippen molar-refractivity contribution in [2.75, 3.05) is 23.4 Å². The number of halogens is 1. The quantitative estimate of drug-likeness (QED) is 0.507. The predicted octanol–water partition coefficient (Wildman–Crippen LogP) is 3.93. The molecule has 0 unspecified atom stereocenters. The molecule has 0 bridgehead atoms. The molecule has 1 aliphatic heterocycles. The molecule has 8 nitrogen and oxygen atoms in total. The van der Waals surface area contributed by atoms with Crippen molar-refractivity contribution in [1.29, 1.82) is 0 Å². The third-order valence-electron chi connectivity index (χ3n) is 5.50. The number of ether oxygens (including phenoxy) is 1. The molecule has 1 saturated heterocycles. The summed E-state index contributed by atoms with van der Waals surface area (Å²) in [7, 11) is 0. The van der Waals surface area contributed by atoms with Crippen molar-refractivity contribution in [3.05, 3.63) is 77.2 Å². The van der Waals surface area contributed by atoms with Crippen LogP contribution in [0, 0.1) is 12.8 Å². The Morgan fingerprint density at radius 2 is 1.97 bits per heavy atom. The van der Waals surface area contributed by atoms with Gasteiger partial charge in [0.05, 0.1) is 18.7 Å². The van der Waals surface area contributed by atoms with Crippen LogP contribution in [0.5, 0.6) is 5.75 Å². The van der Waals surface area contributed by atoms with Crippen LogP contribution in [0.2, 0.25) is 5.02 Å². The lowest BCUT2D eigenvalue weighted by atomic mass is 10.1. The van der Waals surface area contributed by atoms with Crippen molar-refractivity contribution in [3.63, 3.8) is 0 Å². The largest absolute Gasteiger partial charge is 0.484 e. The zero-order valence-corrected chi connectivity index (χ0v) is 19.3. The van der Waals surface area contributed by atoms with Crippen molar-refractivity contribution in [1.82, 2.24) is 5.32 Å². The number of nitrogens with zero attached hydrogens (tertiary/aromatic N) is 1. The van der Waals surface area contributed by atoms with E-state index in [-0.39, 0.29) is 37.3 Å². The van der Waals surface area contributed by atoms with Gasteiger partial charge in [-0.15, -0.1) is 0 Å². The molecule has 2 heterocycles. The average molecular weight is 482 g/mol. The molecule has 0 spiro atoms. The predicted molar refractivity (Wildman–Crippen MR) is 128 cm³/mol. The number of benzene rings is 2. The van der Waals surface area contributed by atoms with Gasteiger partial charge in [0, 0.05) is 29.4 Å². The first-order valence-electron chi connectivity index (χ1n) is 10.8. The highest BCUT2D eigenvalue weighted by Gasteiger charge is 2.35. The van der Waals surface area contributed by atoms with Crippen LogP contribution in [-0.2, 0) is 20.9 Å². The van der Waals surface area contributed by atoms with Crippen LogP contribution in [0.25, 0.3) is 0 Å². The molecular weight excluding hydrogens is 458 g/mol. The normalized spacial score (nSPS) is 15.3. The van der Waals surface area contributed by atoms with Gasteiger partial charge in [-0.2, -0.15) is 0 Å². The first kappa shape index (κ1) is 23.4. The van der Waals surface area contributed by atoms with Crippen LogP contribution in [-0.4, -0.2) is 30.9 Å². The Labute approximate surface area is 201 Å². The van der Waals surface area contributed by atoms with Gasteiger partial charge in [-0.25, -0.2) is 0 Å². The number of rotatable bonds is 8. The molecule has 2 aromatic carbocycles. The summed E-state index contributed by atoms with van der Waals surface area (Å²) in [6, 6.07) is 15.6. The highest BCUT2D eigenvalue weighted by Crippen LogP contribution is 2.27. The number of nitrogens with one attached hydrogen (secondary N) is 2. The van der Waals surface area contributed by atoms with E-state index in [0.717, 1.165) is 5.56 Å². The molecule has 1 aromatic heterocycles. The maximum Gasteiger partial charge on any atom is 0.262 e. The molecule has 34 heavy (non-hydrogen) atoms. The van der Waals surface area contributed by atoms with Crippen molar-refractivity contribution >= 4 is 40.7 Å². The van der Waals surface area contributed by atoms with Gasteiger partial charge in [0.2, 0.25) is 11.8 Å². The SMILES string of the molecule is Cc1ccc(Cl)cc1NC(=O)COc1ccc(N2C[C@@H](C(=O)NCc3ccco3)CC2=O)cc1. The number of furan rings is 1. The van der Waals surface area contributed by atoms with Gasteiger partial charge in [-0.1, -0.05) is 17.7 Å². The van der Waals surface area contributed by atoms with Crippen LogP contribution < -0.4 is 20.3 Å². The Hall–Kier alpha value is -3.78. The summed E-state index contributed by atoms with van der Waals surface area (Å²) in [6.45, 7) is 2.28. The number of anilines is 2. The number of carbonyl (C=O) groups is 3. The van der Waals surface area contributed by atoms with Crippen LogP contribution in [0.15, 0.2) is 65.3 Å². The van der Waals surface area contributed by atoms with Gasteiger partial charge in [0.15, 0.2) is 6.61 Å². The van der Waals surface area contributed by atoms with E-state index in [1.807, 2.05) is 13.0 Å². The van der Waals surface area contributed by atoms with Crippen LogP contribution in [0.3, 0.4) is 0 Å². The van der Waals surface area contributed by atoms with Crippen molar-refractivity contribution < 1.29 is 23.5 Å². The summed E-state index contributed by atoms with van der Waals surface area (Å²) < 4.78 is 10.8. The van der Waals surface area contributed by atoms with E-state index in [2.05, 4.69) is 10.6 Å². The van der Waals surface area contributed by atoms with Crippen molar-refractivity contribution in [2.24, 2.45) is 5.92 Å². The molecule has 176 valence electrons. The topological polar surface area (TPSA) is 101 Å². The number of hydrogen-bond donors (Lipinski definition) is 2. The van der Waals surface area contributed by atoms with Gasteiger partial charge in [0.1, 0.15) is 11.5 Å². The zero-order valence-electron chi connectivity index (χ0n) is 18.5. The monoisotopic (exact) mass is 481 g/mol. The molecule has 1 atom stereocenters. The molecule has 3 amide bonds. The fourth-order valence-corrected chi connectivity index (χ4v) is 3.82. The number of carbonyl (C=O) groups excluding carboxylic acids is 3. The van der Waals surface area contributed by atoms with Gasteiger partial charge in [-0.05, 0) is 61.0 Å². The second-order valence-electron chi connectivity index (χ2n) is 7.99. The minimum Gasteiger partial charge on any atom is -0.484 e. The average Bonchev–Trinajstić information content (AvgIpc) is 3.49. The summed E-state index contributed by atoms with van der Waals surface area (Å²) in [4.78, 5) is 38.7. The third kappa shape index (κ3) is 5.77. The fraction of sp³-hybridized carbons (Fsp3) is 0.240. The Kier molecular flexibility index (Phi) is 7.18. The first-order valence-corrected chi connectivity index (χ1v) is 11.2.